The lowest BCUT2D eigenvalue weighted by Gasteiger charge is -2.16. The number of rotatable bonds is 6. The standard InChI is InChI=1S/C15H17ClF3N5/c1-3-4-7-24(2)14-22-13(9-20-23-14)21-10-5-6-12(16)11(8-10)15(17,18)19/h5-6,8-9H,3-4,7H2,1-2H3,(H,21,22,23). The summed E-state index contributed by atoms with van der Waals surface area (Å²) in [5, 5.41) is 10.2. The Kier molecular flexibility index (Phi) is 5.82. The molecule has 0 unspecified atom stereocenters. The van der Waals surface area contributed by atoms with E-state index in [4.69, 9.17) is 11.6 Å². The Morgan fingerprint density at radius 1 is 1.29 bits per heavy atom. The lowest BCUT2D eigenvalue weighted by Crippen LogP contribution is -2.21. The van der Waals surface area contributed by atoms with Crippen molar-refractivity contribution in [2.45, 2.75) is 25.9 Å². The second-order valence-corrected chi connectivity index (χ2v) is 5.64. The van der Waals surface area contributed by atoms with Crippen molar-refractivity contribution in [1.82, 2.24) is 15.2 Å². The highest BCUT2D eigenvalue weighted by Crippen LogP contribution is 2.36. The molecule has 1 heterocycles. The predicted molar refractivity (Wildman–Crippen MR) is 87.7 cm³/mol. The van der Waals surface area contributed by atoms with E-state index in [0.717, 1.165) is 25.5 Å². The summed E-state index contributed by atoms with van der Waals surface area (Å²) in [4.78, 5) is 6.10. The van der Waals surface area contributed by atoms with Gasteiger partial charge in [-0.25, -0.2) is 0 Å². The molecule has 0 spiro atoms. The second kappa shape index (κ2) is 7.65. The zero-order valence-electron chi connectivity index (χ0n) is 13.2. The van der Waals surface area contributed by atoms with Crippen molar-refractivity contribution in [2.75, 3.05) is 23.8 Å². The Hall–Kier alpha value is -2.09. The van der Waals surface area contributed by atoms with E-state index in [1.165, 1.54) is 18.3 Å². The van der Waals surface area contributed by atoms with E-state index in [0.29, 0.717) is 11.8 Å². The van der Waals surface area contributed by atoms with E-state index in [2.05, 4.69) is 27.4 Å². The summed E-state index contributed by atoms with van der Waals surface area (Å²) < 4.78 is 38.7. The van der Waals surface area contributed by atoms with Crippen LogP contribution in [0.1, 0.15) is 25.3 Å². The van der Waals surface area contributed by atoms with Crippen LogP contribution in [0.2, 0.25) is 5.02 Å². The highest BCUT2D eigenvalue weighted by atomic mass is 35.5. The zero-order chi connectivity index (χ0) is 17.7. The van der Waals surface area contributed by atoms with Crippen LogP contribution in [-0.4, -0.2) is 28.8 Å². The number of hydrogen-bond acceptors (Lipinski definition) is 5. The molecule has 0 aliphatic heterocycles. The smallest absolute Gasteiger partial charge is 0.343 e. The van der Waals surface area contributed by atoms with Crippen LogP contribution in [0, 0.1) is 0 Å². The quantitative estimate of drug-likeness (QED) is 0.821. The van der Waals surface area contributed by atoms with E-state index in [1.807, 2.05) is 11.9 Å². The number of aromatic nitrogens is 3. The lowest BCUT2D eigenvalue weighted by molar-refractivity contribution is -0.137. The van der Waals surface area contributed by atoms with E-state index in [-0.39, 0.29) is 10.7 Å². The van der Waals surface area contributed by atoms with Crippen molar-refractivity contribution in [1.29, 1.82) is 0 Å². The fraction of sp³-hybridized carbons (Fsp3) is 0.400. The molecule has 0 bridgehead atoms. The summed E-state index contributed by atoms with van der Waals surface area (Å²) in [6.45, 7) is 2.84. The Morgan fingerprint density at radius 2 is 2.04 bits per heavy atom. The third kappa shape index (κ3) is 4.70. The highest BCUT2D eigenvalue weighted by Gasteiger charge is 2.33. The third-order valence-electron chi connectivity index (χ3n) is 3.28. The first-order valence-electron chi connectivity index (χ1n) is 7.36. The summed E-state index contributed by atoms with van der Waals surface area (Å²) in [7, 11) is 1.83. The highest BCUT2D eigenvalue weighted by molar-refractivity contribution is 6.31. The fourth-order valence-corrected chi connectivity index (χ4v) is 2.20. The maximum absolute atomic E-state index is 12.9. The van der Waals surface area contributed by atoms with Gasteiger partial charge in [-0.2, -0.15) is 23.3 Å². The van der Waals surface area contributed by atoms with Gasteiger partial charge in [0.15, 0.2) is 5.82 Å². The molecule has 0 fully saturated rings. The van der Waals surface area contributed by atoms with E-state index >= 15 is 0 Å². The molecule has 0 radical (unpaired) electrons. The molecule has 0 atom stereocenters. The van der Waals surface area contributed by atoms with Gasteiger partial charge in [0, 0.05) is 19.3 Å². The molecule has 0 aliphatic carbocycles. The molecule has 130 valence electrons. The first-order valence-corrected chi connectivity index (χ1v) is 7.73. The van der Waals surface area contributed by atoms with Crippen LogP contribution < -0.4 is 10.2 Å². The summed E-state index contributed by atoms with van der Waals surface area (Å²) in [5.74, 6) is 0.706. The number of unbranched alkanes of at least 4 members (excludes halogenated alkanes) is 1. The molecule has 0 saturated carbocycles. The van der Waals surface area contributed by atoms with Gasteiger partial charge in [0.05, 0.1) is 16.8 Å². The maximum Gasteiger partial charge on any atom is 0.417 e. The average Bonchev–Trinajstić information content (AvgIpc) is 2.53. The number of halogens is 4. The van der Waals surface area contributed by atoms with Gasteiger partial charge in [-0.1, -0.05) is 24.9 Å². The molecular formula is C15H17ClF3N5. The minimum atomic E-state index is -4.52. The van der Waals surface area contributed by atoms with Crippen molar-refractivity contribution in [3.63, 3.8) is 0 Å². The van der Waals surface area contributed by atoms with E-state index in [1.54, 1.807) is 0 Å². The number of alkyl halides is 3. The third-order valence-corrected chi connectivity index (χ3v) is 3.61. The first kappa shape index (κ1) is 18.3. The summed E-state index contributed by atoms with van der Waals surface area (Å²) >= 11 is 5.61. The zero-order valence-corrected chi connectivity index (χ0v) is 14.0. The lowest BCUT2D eigenvalue weighted by atomic mass is 10.2. The monoisotopic (exact) mass is 359 g/mol. The van der Waals surface area contributed by atoms with Crippen LogP contribution in [-0.2, 0) is 6.18 Å². The van der Waals surface area contributed by atoms with Crippen molar-refractivity contribution in [3.05, 3.63) is 35.0 Å². The van der Waals surface area contributed by atoms with Crippen LogP contribution >= 0.6 is 11.6 Å². The van der Waals surface area contributed by atoms with Gasteiger partial charge in [0.2, 0.25) is 5.95 Å². The molecule has 0 amide bonds. The summed E-state index contributed by atoms with van der Waals surface area (Å²) in [6, 6.07) is 3.57. The summed E-state index contributed by atoms with van der Waals surface area (Å²) in [5.41, 5.74) is -0.689. The Balaban J connectivity index is 2.20. The van der Waals surface area contributed by atoms with E-state index < -0.39 is 11.7 Å². The van der Waals surface area contributed by atoms with E-state index in [9.17, 15) is 13.2 Å². The fourth-order valence-electron chi connectivity index (χ4n) is 1.98. The minimum absolute atomic E-state index is 0.217. The SMILES string of the molecule is CCCCN(C)c1nncc(Nc2ccc(Cl)c(C(F)(F)F)c2)n1. The molecule has 0 saturated heterocycles. The van der Waals surface area contributed by atoms with Crippen molar-refractivity contribution < 1.29 is 13.2 Å². The number of nitrogens with one attached hydrogen (secondary N) is 1. The molecule has 0 aliphatic rings. The number of nitrogens with zero attached hydrogens (tertiary/aromatic N) is 4. The first-order chi connectivity index (χ1) is 11.3. The normalized spacial score (nSPS) is 11.4. The number of hydrogen-bond donors (Lipinski definition) is 1. The molecule has 2 rings (SSSR count). The Bertz CT molecular complexity index is 693. The van der Waals surface area contributed by atoms with Crippen LogP contribution in [0.3, 0.4) is 0 Å². The largest absolute Gasteiger partial charge is 0.417 e. The Morgan fingerprint density at radius 3 is 2.71 bits per heavy atom. The van der Waals surface area contributed by atoms with Gasteiger partial charge < -0.3 is 10.2 Å². The van der Waals surface area contributed by atoms with Gasteiger partial charge in [0.1, 0.15) is 0 Å². The molecule has 5 nitrogen and oxygen atoms in total. The van der Waals surface area contributed by atoms with Crippen LogP contribution in [0.25, 0.3) is 0 Å². The van der Waals surface area contributed by atoms with Crippen LogP contribution in [0.15, 0.2) is 24.4 Å². The molecule has 9 heteroatoms. The van der Waals surface area contributed by atoms with Gasteiger partial charge in [-0.3, -0.25) is 0 Å². The topological polar surface area (TPSA) is 53.9 Å². The molecule has 1 aromatic heterocycles. The van der Waals surface area contributed by atoms with Gasteiger partial charge >= 0.3 is 6.18 Å². The summed E-state index contributed by atoms with van der Waals surface area (Å²) in [6.07, 6.45) is -1.17. The van der Waals surface area contributed by atoms with Crippen LogP contribution in [0.4, 0.5) is 30.6 Å². The average molecular weight is 360 g/mol. The molecule has 2 aromatic rings. The van der Waals surface area contributed by atoms with Gasteiger partial charge in [0.25, 0.3) is 0 Å². The molecular weight excluding hydrogens is 343 g/mol. The predicted octanol–water partition coefficient (Wildman–Crippen LogP) is 4.52. The van der Waals surface area contributed by atoms with Crippen molar-refractivity contribution >= 4 is 29.1 Å². The van der Waals surface area contributed by atoms with Crippen molar-refractivity contribution in [3.8, 4) is 0 Å². The number of anilines is 3. The maximum atomic E-state index is 12.9. The van der Waals surface area contributed by atoms with Crippen LogP contribution in [0.5, 0.6) is 0 Å². The number of benzene rings is 1. The molecule has 1 aromatic carbocycles. The Labute approximate surface area is 142 Å². The second-order valence-electron chi connectivity index (χ2n) is 5.23. The van der Waals surface area contributed by atoms with Crippen molar-refractivity contribution in [2.24, 2.45) is 0 Å². The minimum Gasteiger partial charge on any atom is -0.343 e. The van der Waals surface area contributed by atoms with Gasteiger partial charge in [-0.05, 0) is 24.6 Å². The molecule has 1 N–H and O–H groups in total. The molecule has 24 heavy (non-hydrogen) atoms. The van der Waals surface area contributed by atoms with Gasteiger partial charge in [-0.15, -0.1) is 5.10 Å².